The first kappa shape index (κ1) is 27.4. The topological polar surface area (TPSA) is 96.2 Å². The summed E-state index contributed by atoms with van der Waals surface area (Å²) in [7, 11) is -1.93. The van der Waals surface area contributed by atoms with Gasteiger partial charge in [-0.15, -0.1) is 0 Å². The molecule has 0 saturated carbocycles. The summed E-state index contributed by atoms with van der Waals surface area (Å²) < 4.78 is 9.32. The van der Waals surface area contributed by atoms with Crippen molar-refractivity contribution in [3.63, 3.8) is 0 Å². The highest BCUT2D eigenvalue weighted by Gasteiger charge is 2.14. The first-order chi connectivity index (χ1) is 13.6. The van der Waals surface area contributed by atoms with Gasteiger partial charge in [-0.05, 0) is 6.42 Å². The highest BCUT2D eigenvalue weighted by atomic mass is 16.6. The van der Waals surface area contributed by atoms with Gasteiger partial charge in [-0.1, -0.05) is 96.8 Å². The van der Waals surface area contributed by atoms with Crippen molar-refractivity contribution < 1.29 is 29.3 Å². The molecule has 0 aliphatic heterocycles. The van der Waals surface area contributed by atoms with E-state index >= 15 is 0 Å². The highest BCUT2D eigenvalue weighted by Crippen LogP contribution is 2.13. The maximum Gasteiger partial charge on any atom is 0.633 e. The molecular weight excluding hydrogens is 359 g/mol. The maximum absolute atomic E-state index is 11.5. The van der Waals surface area contributed by atoms with Crippen LogP contribution in [0.25, 0.3) is 0 Å². The van der Waals surface area contributed by atoms with E-state index in [2.05, 4.69) is 11.6 Å². The minimum Gasteiger partial charge on any atom is -0.463 e. The van der Waals surface area contributed by atoms with E-state index in [0.717, 1.165) is 19.3 Å². The van der Waals surface area contributed by atoms with Crippen molar-refractivity contribution in [2.45, 2.75) is 116 Å². The van der Waals surface area contributed by atoms with Crippen LogP contribution in [0.3, 0.4) is 0 Å². The minimum absolute atomic E-state index is 0.190. The molecule has 0 aromatic carbocycles. The molecule has 0 rings (SSSR count). The molecule has 0 aromatic rings. The van der Waals surface area contributed by atoms with Crippen molar-refractivity contribution in [1.82, 2.24) is 0 Å². The largest absolute Gasteiger partial charge is 0.633 e. The standard InChI is InChI=1S/C21H43BO6/c1-2-3-4-5-6-7-8-9-10-11-12-13-14-15-16-17-21(24)27-18-20(23)19-28-22(25)26/h20,23,25-26H,2-19H2,1H3. The number of rotatable bonds is 21. The van der Waals surface area contributed by atoms with E-state index in [1.54, 1.807) is 0 Å². The molecule has 166 valence electrons. The molecule has 0 amide bonds. The Kier molecular flexibility index (Phi) is 20.6. The maximum atomic E-state index is 11.5. The zero-order valence-electron chi connectivity index (χ0n) is 17.9. The predicted octanol–water partition coefficient (Wildman–Crippen LogP) is 4.14. The van der Waals surface area contributed by atoms with E-state index in [1.165, 1.54) is 77.0 Å². The van der Waals surface area contributed by atoms with Gasteiger partial charge >= 0.3 is 13.3 Å². The molecule has 0 spiro atoms. The zero-order valence-corrected chi connectivity index (χ0v) is 17.9. The van der Waals surface area contributed by atoms with Gasteiger partial charge in [0.05, 0.1) is 6.61 Å². The number of ether oxygens (including phenoxy) is 1. The van der Waals surface area contributed by atoms with Crippen LogP contribution >= 0.6 is 0 Å². The van der Waals surface area contributed by atoms with Crippen molar-refractivity contribution in [3.8, 4) is 0 Å². The first-order valence-electron chi connectivity index (χ1n) is 11.4. The molecule has 0 bridgehead atoms. The van der Waals surface area contributed by atoms with Crippen LogP contribution in [0.1, 0.15) is 110 Å². The van der Waals surface area contributed by atoms with Crippen molar-refractivity contribution in [2.75, 3.05) is 13.2 Å². The smallest absolute Gasteiger partial charge is 0.463 e. The van der Waals surface area contributed by atoms with Crippen molar-refractivity contribution in [1.29, 1.82) is 0 Å². The molecule has 6 nitrogen and oxygen atoms in total. The zero-order chi connectivity index (χ0) is 20.9. The van der Waals surface area contributed by atoms with Crippen LogP contribution in [-0.2, 0) is 14.2 Å². The van der Waals surface area contributed by atoms with Gasteiger partial charge < -0.3 is 24.5 Å². The van der Waals surface area contributed by atoms with E-state index in [0.29, 0.717) is 6.42 Å². The number of hydrogen-bond donors (Lipinski definition) is 3. The Morgan fingerprint density at radius 2 is 1.18 bits per heavy atom. The second-order valence-corrected chi connectivity index (χ2v) is 7.70. The van der Waals surface area contributed by atoms with E-state index in [1.807, 2.05) is 0 Å². The minimum atomic E-state index is -1.93. The van der Waals surface area contributed by atoms with Crippen LogP contribution in [0.4, 0.5) is 0 Å². The molecule has 7 heteroatoms. The third kappa shape index (κ3) is 21.7. The molecule has 28 heavy (non-hydrogen) atoms. The Morgan fingerprint density at radius 3 is 1.61 bits per heavy atom. The lowest BCUT2D eigenvalue weighted by Gasteiger charge is -2.11. The third-order valence-corrected chi connectivity index (χ3v) is 4.86. The quantitative estimate of drug-likeness (QED) is 0.152. The molecule has 0 fully saturated rings. The Bertz CT molecular complexity index is 341. The average Bonchev–Trinajstić information content (AvgIpc) is 2.67. The number of esters is 1. The van der Waals surface area contributed by atoms with E-state index in [9.17, 15) is 9.90 Å². The summed E-state index contributed by atoms with van der Waals surface area (Å²) >= 11 is 0. The fourth-order valence-corrected chi connectivity index (χ4v) is 3.15. The van der Waals surface area contributed by atoms with Gasteiger partial charge in [0, 0.05) is 6.42 Å². The predicted molar refractivity (Wildman–Crippen MR) is 113 cm³/mol. The van der Waals surface area contributed by atoms with Crippen LogP contribution in [0, 0.1) is 0 Å². The number of carbonyl (C=O) groups excluding carboxylic acids is 1. The van der Waals surface area contributed by atoms with E-state index in [-0.39, 0.29) is 19.2 Å². The molecule has 0 aromatic heterocycles. The molecule has 0 radical (unpaired) electrons. The monoisotopic (exact) mass is 402 g/mol. The van der Waals surface area contributed by atoms with Gasteiger partial charge in [0.1, 0.15) is 12.7 Å². The molecule has 0 heterocycles. The Morgan fingerprint density at radius 1 is 0.750 bits per heavy atom. The Labute approximate surface area is 172 Å². The normalized spacial score (nSPS) is 12.1. The van der Waals surface area contributed by atoms with Crippen molar-refractivity contribution in [3.05, 3.63) is 0 Å². The SMILES string of the molecule is CCCCCCCCCCCCCCCCCC(=O)OCC(O)COB(O)O. The van der Waals surface area contributed by atoms with Gasteiger partial charge in [-0.25, -0.2) is 0 Å². The molecule has 1 unspecified atom stereocenters. The lowest BCUT2D eigenvalue weighted by atomic mass is 10.0. The second kappa shape index (κ2) is 21.1. The average molecular weight is 402 g/mol. The van der Waals surface area contributed by atoms with Crippen LogP contribution < -0.4 is 0 Å². The van der Waals surface area contributed by atoms with Gasteiger partial charge in [0.25, 0.3) is 0 Å². The van der Waals surface area contributed by atoms with Crippen molar-refractivity contribution >= 4 is 13.3 Å². The molecule has 0 saturated heterocycles. The van der Waals surface area contributed by atoms with Gasteiger partial charge in [-0.2, -0.15) is 0 Å². The summed E-state index contributed by atoms with van der Waals surface area (Å²) in [5.41, 5.74) is 0. The van der Waals surface area contributed by atoms with Crippen LogP contribution in [0.2, 0.25) is 0 Å². The fourth-order valence-electron chi connectivity index (χ4n) is 3.15. The van der Waals surface area contributed by atoms with Gasteiger partial charge in [0.2, 0.25) is 0 Å². The first-order valence-corrected chi connectivity index (χ1v) is 11.4. The molecule has 1 atom stereocenters. The summed E-state index contributed by atoms with van der Waals surface area (Å²) in [5.74, 6) is -0.335. The van der Waals surface area contributed by atoms with Crippen LogP contribution in [-0.4, -0.2) is 47.8 Å². The fraction of sp³-hybridized carbons (Fsp3) is 0.952. The second-order valence-electron chi connectivity index (χ2n) is 7.70. The molecule has 3 N–H and O–H groups in total. The summed E-state index contributed by atoms with van der Waals surface area (Å²) in [6.45, 7) is 1.78. The number of hydrogen-bond acceptors (Lipinski definition) is 6. The van der Waals surface area contributed by atoms with E-state index < -0.39 is 13.4 Å². The Hall–Kier alpha value is -0.625. The van der Waals surface area contributed by atoms with Crippen LogP contribution in [0.15, 0.2) is 0 Å². The lowest BCUT2D eigenvalue weighted by Crippen LogP contribution is -2.28. The Balaban J connectivity index is 3.23. The molecule has 0 aliphatic rings. The number of aliphatic hydroxyl groups excluding tert-OH is 1. The number of carbonyl (C=O) groups is 1. The van der Waals surface area contributed by atoms with Crippen LogP contribution in [0.5, 0.6) is 0 Å². The third-order valence-electron chi connectivity index (χ3n) is 4.86. The summed E-state index contributed by atoms with van der Waals surface area (Å²) in [4.78, 5) is 11.5. The summed E-state index contributed by atoms with van der Waals surface area (Å²) in [6.07, 6.45) is 18.5. The lowest BCUT2D eigenvalue weighted by molar-refractivity contribution is -0.147. The number of unbranched alkanes of at least 4 members (excludes halogenated alkanes) is 14. The van der Waals surface area contributed by atoms with Gasteiger partial charge in [0.15, 0.2) is 0 Å². The highest BCUT2D eigenvalue weighted by molar-refractivity contribution is 6.32. The molecular formula is C21H43BO6. The number of aliphatic hydroxyl groups is 1. The summed E-state index contributed by atoms with van der Waals surface area (Å²) in [5, 5.41) is 26.4. The summed E-state index contributed by atoms with van der Waals surface area (Å²) in [6, 6.07) is 0. The van der Waals surface area contributed by atoms with Gasteiger partial charge in [-0.3, -0.25) is 4.79 Å². The van der Waals surface area contributed by atoms with E-state index in [4.69, 9.17) is 14.8 Å². The molecule has 0 aliphatic carbocycles. The van der Waals surface area contributed by atoms with Crippen molar-refractivity contribution in [2.24, 2.45) is 0 Å².